The van der Waals surface area contributed by atoms with Gasteiger partial charge in [-0.2, -0.15) is 11.3 Å². The molecule has 1 aliphatic rings. The maximum Gasteiger partial charge on any atom is 0.0580 e. The van der Waals surface area contributed by atoms with Crippen LogP contribution in [0.3, 0.4) is 0 Å². The van der Waals surface area contributed by atoms with Crippen LogP contribution in [-0.4, -0.2) is 25.8 Å². The topological polar surface area (TPSA) is 21.3 Å². The first-order valence-corrected chi connectivity index (χ1v) is 8.06. The van der Waals surface area contributed by atoms with Gasteiger partial charge in [0.2, 0.25) is 0 Å². The van der Waals surface area contributed by atoms with Gasteiger partial charge in [-0.25, -0.2) is 0 Å². The molecule has 1 N–H and O–H groups in total. The smallest absolute Gasteiger partial charge is 0.0580 e. The highest BCUT2D eigenvalue weighted by atomic mass is 32.1. The van der Waals surface area contributed by atoms with Crippen LogP contribution in [0.5, 0.6) is 0 Å². The molecule has 1 aromatic heterocycles. The summed E-state index contributed by atoms with van der Waals surface area (Å²) in [7, 11) is 2.09. The van der Waals surface area contributed by atoms with Gasteiger partial charge in [0.05, 0.1) is 6.10 Å². The highest BCUT2D eigenvalue weighted by molar-refractivity contribution is 7.07. The molecule has 18 heavy (non-hydrogen) atoms. The summed E-state index contributed by atoms with van der Waals surface area (Å²) in [6.07, 6.45) is 6.85. The highest BCUT2D eigenvalue weighted by Crippen LogP contribution is 2.34. The van der Waals surface area contributed by atoms with E-state index >= 15 is 0 Å². The van der Waals surface area contributed by atoms with E-state index in [4.69, 9.17) is 4.74 Å². The molecule has 0 bridgehead atoms. The predicted molar refractivity (Wildman–Crippen MR) is 78.2 cm³/mol. The van der Waals surface area contributed by atoms with Crippen LogP contribution in [-0.2, 0) is 11.2 Å². The Morgan fingerprint density at radius 2 is 2.33 bits per heavy atom. The van der Waals surface area contributed by atoms with Gasteiger partial charge in [-0.15, -0.1) is 0 Å². The number of aryl methyl sites for hydroxylation is 1. The minimum atomic E-state index is 0.550. The van der Waals surface area contributed by atoms with Crippen LogP contribution in [0.4, 0.5) is 0 Å². The van der Waals surface area contributed by atoms with E-state index < -0.39 is 0 Å². The van der Waals surface area contributed by atoms with E-state index in [2.05, 4.69) is 36.1 Å². The number of rotatable bonds is 8. The molecule has 1 heterocycles. The van der Waals surface area contributed by atoms with Crippen molar-refractivity contribution in [3.8, 4) is 0 Å². The predicted octanol–water partition coefficient (Wildman–Crippen LogP) is 3.47. The molecule has 0 aliphatic heterocycles. The maximum atomic E-state index is 5.62. The van der Waals surface area contributed by atoms with Gasteiger partial charge in [-0.05, 0) is 74.4 Å². The molecule has 1 unspecified atom stereocenters. The second kappa shape index (κ2) is 7.27. The highest BCUT2D eigenvalue weighted by Gasteiger charge is 2.30. The van der Waals surface area contributed by atoms with Gasteiger partial charge >= 0.3 is 0 Å². The average Bonchev–Trinajstić information content (AvgIpc) is 2.84. The van der Waals surface area contributed by atoms with Crippen LogP contribution in [0.15, 0.2) is 16.8 Å². The number of ether oxygens (including phenoxy) is 1. The molecular formula is C15H25NOS. The Morgan fingerprint density at radius 1 is 1.50 bits per heavy atom. The average molecular weight is 267 g/mol. The van der Waals surface area contributed by atoms with Crippen LogP contribution in [0.25, 0.3) is 0 Å². The minimum absolute atomic E-state index is 0.550. The fourth-order valence-corrected chi connectivity index (χ4v) is 3.50. The zero-order valence-corrected chi connectivity index (χ0v) is 12.3. The quantitative estimate of drug-likeness (QED) is 0.778. The first-order chi connectivity index (χ1) is 8.81. The molecule has 3 heteroatoms. The van der Waals surface area contributed by atoms with Crippen molar-refractivity contribution in [2.75, 3.05) is 13.7 Å². The molecule has 1 fully saturated rings. The Hall–Kier alpha value is -0.380. The zero-order valence-electron chi connectivity index (χ0n) is 11.5. The van der Waals surface area contributed by atoms with Gasteiger partial charge < -0.3 is 10.1 Å². The lowest BCUT2D eigenvalue weighted by molar-refractivity contribution is -0.0290. The van der Waals surface area contributed by atoms with Crippen molar-refractivity contribution in [2.45, 2.75) is 51.2 Å². The lowest BCUT2D eigenvalue weighted by atomic mass is 9.77. The number of hydrogen-bond donors (Lipinski definition) is 1. The van der Waals surface area contributed by atoms with E-state index in [1.54, 1.807) is 11.3 Å². The van der Waals surface area contributed by atoms with Crippen LogP contribution >= 0.6 is 11.3 Å². The Labute approximate surface area is 115 Å². The molecule has 1 saturated carbocycles. The molecule has 0 amide bonds. The minimum Gasteiger partial charge on any atom is -0.378 e. The summed E-state index contributed by atoms with van der Waals surface area (Å²) in [5, 5.41) is 7.91. The van der Waals surface area contributed by atoms with Crippen molar-refractivity contribution >= 4 is 11.3 Å². The molecule has 0 radical (unpaired) electrons. The van der Waals surface area contributed by atoms with Crippen molar-refractivity contribution in [3.05, 3.63) is 22.4 Å². The monoisotopic (exact) mass is 267 g/mol. The number of nitrogens with one attached hydrogen (secondary N) is 1. The third-order valence-electron chi connectivity index (χ3n) is 3.98. The Morgan fingerprint density at radius 3 is 2.94 bits per heavy atom. The van der Waals surface area contributed by atoms with Crippen molar-refractivity contribution in [1.29, 1.82) is 0 Å². The van der Waals surface area contributed by atoms with E-state index in [1.807, 2.05) is 0 Å². The van der Waals surface area contributed by atoms with Crippen LogP contribution < -0.4 is 5.32 Å². The summed E-state index contributed by atoms with van der Waals surface area (Å²) in [6.45, 7) is 2.95. The summed E-state index contributed by atoms with van der Waals surface area (Å²) in [5.74, 6) is 0.876. The molecule has 1 atom stereocenters. The lowest BCUT2D eigenvalue weighted by Crippen LogP contribution is -2.37. The van der Waals surface area contributed by atoms with Crippen molar-refractivity contribution in [3.63, 3.8) is 0 Å². The standard InChI is InChI=1S/C15H25NOS/c1-3-17-15-9-13(10-15)8-14(16-2)5-4-12-6-7-18-11-12/h6-7,11,13-16H,3-5,8-10H2,1-2H3. The molecule has 0 spiro atoms. The third-order valence-corrected chi connectivity index (χ3v) is 4.71. The van der Waals surface area contributed by atoms with Gasteiger partial charge in [0.15, 0.2) is 0 Å². The van der Waals surface area contributed by atoms with E-state index in [1.165, 1.54) is 37.7 Å². The second-order valence-corrected chi connectivity index (χ2v) is 6.09. The van der Waals surface area contributed by atoms with Crippen LogP contribution in [0.2, 0.25) is 0 Å². The lowest BCUT2D eigenvalue weighted by Gasteiger charge is -2.37. The van der Waals surface area contributed by atoms with Crippen molar-refractivity contribution in [2.24, 2.45) is 5.92 Å². The van der Waals surface area contributed by atoms with Crippen LogP contribution in [0.1, 0.15) is 38.2 Å². The summed E-state index contributed by atoms with van der Waals surface area (Å²) in [5.41, 5.74) is 1.49. The number of hydrogen-bond acceptors (Lipinski definition) is 3. The van der Waals surface area contributed by atoms with E-state index in [0.717, 1.165) is 12.5 Å². The third kappa shape index (κ3) is 4.08. The Bertz CT molecular complexity index is 319. The van der Waals surface area contributed by atoms with Gasteiger partial charge in [0, 0.05) is 12.6 Å². The summed E-state index contributed by atoms with van der Waals surface area (Å²) in [4.78, 5) is 0. The molecule has 1 aliphatic carbocycles. The molecule has 0 aromatic carbocycles. The van der Waals surface area contributed by atoms with E-state index in [9.17, 15) is 0 Å². The summed E-state index contributed by atoms with van der Waals surface area (Å²) in [6, 6.07) is 2.91. The normalized spacial score (nSPS) is 24.8. The molecule has 0 saturated heterocycles. The first-order valence-electron chi connectivity index (χ1n) is 7.11. The molecular weight excluding hydrogens is 242 g/mol. The number of thiophene rings is 1. The summed E-state index contributed by atoms with van der Waals surface area (Å²) < 4.78 is 5.62. The molecule has 2 nitrogen and oxygen atoms in total. The van der Waals surface area contributed by atoms with Crippen molar-refractivity contribution in [1.82, 2.24) is 5.32 Å². The van der Waals surface area contributed by atoms with Crippen molar-refractivity contribution < 1.29 is 4.74 Å². The maximum absolute atomic E-state index is 5.62. The molecule has 2 rings (SSSR count). The SMILES string of the molecule is CCOC1CC(CC(CCc2ccsc2)NC)C1. The zero-order chi connectivity index (χ0) is 12.8. The molecule has 1 aromatic rings. The Balaban J connectivity index is 1.64. The largest absolute Gasteiger partial charge is 0.378 e. The van der Waals surface area contributed by atoms with Gasteiger partial charge in [0.25, 0.3) is 0 Å². The first kappa shape index (κ1) is 14.0. The van der Waals surface area contributed by atoms with E-state index in [0.29, 0.717) is 12.1 Å². The Kier molecular flexibility index (Phi) is 5.67. The second-order valence-electron chi connectivity index (χ2n) is 5.31. The van der Waals surface area contributed by atoms with E-state index in [-0.39, 0.29) is 0 Å². The summed E-state index contributed by atoms with van der Waals surface area (Å²) >= 11 is 1.80. The van der Waals surface area contributed by atoms with Crippen LogP contribution in [0, 0.1) is 5.92 Å². The van der Waals surface area contributed by atoms with Gasteiger partial charge in [-0.1, -0.05) is 0 Å². The fourth-order valence-electron chi connectivity index (χ4n) is 2.80. The fraction of sp³-hybridized carbons (Fsp3) is 0.733. The van der Waals surface area contributed by atoms with Gasteiger partial charge in [0.1, 0.15) is 0 Å². The molecule has 102 valence electrons. The van der Waals surface area contributed by atoms with Gasteiger partial charge in [-0.3, -0.25) is 0 Å².